The fourth-order valence-electron chi connectivity index (χ4n) is 10.6. The Hall–Kier alpha value is -9.14. The average molecular weight is 1370 g/mol. The summed E-state index contributed by atoms with van der Waals surface area (Å²) in [5.74, 6) is 31.2. The van der Waals surface area contributed by atoms with Gasteiger partial charge in [0.1, 0.15) is 44.5 Å². The monoisotopic (exact) mass is 1370 g/mol. The minimum Gasteiger partial charge on any atom is -0.494 e. The molecule has 0 saturated carbocycles. The lowest BCUT2D eigenvalue weighted by Crippen LogP contribution is -2.05. The maximum atomic E-state index is 11.7. The highest BCUT2D eigenvalue weighted by molar-refractivity contribution is 7.17. The van der Waals surface area contributed by atoms with Gasteiger partial charge in [-0.25, -0.2) is 0 Å². The molecule has 1 aromatic heterocycles. The molecule has 1 heterocycles. The molecule has 0 aliphatic heterocycles. The molecule has 7 rings (SSSR count). The number of ether oxygens (including phenoxy) is 8. The third-order valence-corrected chi connectivity index (χ3v) is 17.4. The maximum absolute atomic E-state index is 11.7. The fourth-order valence-corrected chi connectivity index (χ4v) is 11.5. The number of rotatable bonds is 43. The van der Waals surface area contributed by atoms with Crippen LogP contribution in [0.4, 0.5) is 0 Å². The van der Waals surface area contributed by atoms with E-state index in [1.54, 1.807) is 0 Å². The Kier molecular flexibility index (Phi) is 36.8. The predicted octanol–water partition coefficient (Wildman–Crippen LogP) is 20.7. The first-order valence-electron chi connectivity index (χ1n) is 37.0. The summed E-state index contributed by atoms with van der Waals surface area (Å²) < 4.78 is 48.1. The van der Waals surface area contributed by atoms with E-state index in [-0.39, 0.29) is 11.9 Å². The summed E-state index contributed by atoms with van der Waals surface area (Å²) in [4.78, 5) is 23.3. The van der Waals surface area contributed by atoms with Gasteiger partial charge < -0.3 is 37.9 Å². The van der Waals surface area contributed by atoms with E-state index in [1.165, 1.54) is 49.9 Å². The van der Waals surface area contributed by atoms with Crippen LogP contribution in [0.25, 0.3) is 21.1 Å². The van der Waals surface area contributed by atoms with E-state index in [2.05, 4.69) is 85.3 Å². The number of hydrogen-bond acceptors (Lipinski definition) is 13. The third kappa shape index (κ3) is 29.4. The summed E-state index contributed by atoms with van der Waals surface area (Å²) in [6, 6.07) is 39.9. The second-order valence-corrected chi connectivity index (χ2v) is 25.7. The molecule has 0 unspecified atom stereocenters. The largest absolute Gasteiger partial charge is 0.494 e. The van der Waals surface area contributed by atoms with Gasteiger partial charge in [0.2, 0.25) is 0 Å². The zero-order chi connectivity index (χ0) is 70.5. The topological polar surface area (TPSA) is 134 Å². The molecule has 0 bridgehead atoms. The van der Waals surface area contributed by atoms with Crippen LogP contribution in [0.3, 0.4) is 0 Å². The molecule has 12 nitrogen and oxygen atoms in total. The lowest BCUT2D eigenvalue weighted by Gasteiger charge is -2.14. The van der Waals surface area contributed by atoms with E-state index in [1.807, 2.05) is 135 Å². The standard InChI is InChI=1S/C87H104N2O10S/c1-7-13-17-21-29-62-98-82-67-77(53-41-71-44-56-79(57-45-71)95-59-31-25-33-85(91)93-12-6)83(99-63-30-22-18-14-8-2)66-75(82)51-39-69-36-48-73(49-37-69)87-89-88-86(100-87)72-46-34-68(35-47-72)38-50-74-64-81(97-61-27-16-10-4)76(65-80(74)96-60-26-15-9-3)52-40-70-42-54-78(55-43-70)94-58-28-23-19-20-24-32-84(90)92-11-5/h34-37,42-49,54-57,64-67H,7-33,58-63H2,1-6H3. The summed E-state index contributed by atoms with van der Waals surface area (Å²) in [5.41, 5.74) is 8.29. The van der Waals surface area contributed by atoms with E-state index in [9.17, 15) is 9.59 Å². The average Bonchev–Trinajstić information content (AvgIpc) is 1.33. The molecule has 13 heteroatoms. The molecule has 0 spiro atoms. The van der Waals surface area contributed by atoms with Crippen LogP contribution < -0.4 is 28.4 Å². The molecule has 0 N–H and O–H groups in total. The van der Waals surface area contributed by atoms with E-state index in [0.29, 0.717) is 95.1 Å². The number of unbranched alkanes of at least 4 members (excludes halogenated alkanes) is 17. The van der Waals surface area contributed by atoms with Crippen LogP contribution in [0, 0.1) is 47.4 Å². The highest BCUT2D eigenvalue weighted by Gasteiger charge is 2.15. The Labute approximate surface area is 601 Å². The fraction of sp³-hybridized carbons (Fsp3) is 0.448. The van der Waals surface area contributed by atoms with Crippen LogP contribution in [0.15, 0.2) is 121 Å². The summed E-state index contributed by atoms with van der Waals surface area (Å²) in [6.45, 7) is 16.8. The first-order chi connectivity index (χ1) is 49.2. The zero-order valence-electron chi connectivity index (χ0n) is 60.3. The van der Waals surface area contributed by atoms with Crippen LogP contribution in [-0.2, 0) is 19.1 Å². The molecule has 528 valence electrons. The number of benzene rings is 6. The van der Waals surface area contributed by atoms with Crippen LogP contribution >= 0.6 is 11.3 Å². The highest BCUT2D eigenvalue weighted by Crippen LogP contribution is 2.34. The molecular formula is C87H104N2O10S. The van der Waals surface area contributed by atoms with Gasteiger partial charge in [-0.3, -0.25) is 9.59 Å². The van der Waals surface area contributed by atoms with Crippen molar-refractivity contribution in [3.8, 4) is 103 Å². The van der Waals surface area contributed by atoms with Gasteiger partial charge in [-0.05, 0) is 138 Å². The molecular weight excluding hydrogens is 1270 g/mol. The normalized spacial score (nSPS) is 10.6. The molecule has 0 radical (unpaired) electrons. The Morgan fingerprint density at radius 3 is 0.900 bits per heavy atom. The molecule has 0 aliphatic carbocycles. The SMILES string of the molecule is CCCCCCCOc1cc(C#Cc2ccc(-c3nnc(-c4ccc(C#Cc5cc(OCCCCC)c(C#Cc6ccc(OCCCCCCCC(=O)OCC)cc6)cc5OCCCCC)cc4)s3)cc2)c(OCCCCCCC)cc1C#Cc1ccc(OCCCCC(=O)OCC)cc1. The van der Waals surface area contributed by atoms with Gasteiger partial charge in [-0.1, -0.05) is 207 Å². The second kappa shape index (κ2) is 47.0. The van der Waals surface area contributed by atoms with E-state index >= 15 is 0 Å². The molecule has 0 fully saturated rings. The van der Waals surface area contributed by atoms with Crippen molar-refractivity contribution in [2.45, 2.75) is 202 Å². The lowest BCUT2D eigenvalue weighted by atomic mass is 10.1. The Balaban J connectivity index is 1.04. The van der Waals surface area contributed by atoms with Crippen molar-refractivity contribution in [2.75, 3.05) is 52.9 Å². The van der Waals surface area contributed by atoms with Gasteiger partial charge in [0, 0.05) is 70.5 Å². The first-order valence-corrected chi connectivity index (χ1v) is 37.8. The van der Waals surface area contributed by atoms with Crippen molar-refractivity contribution >= 4 is 23.3 Å². The summed E-state index contributed by atoms with van der Waals surface area (Å²) >= 11 is 1.54. The molecule has 0 amide bonds. The van der Waals surface area contributed by atoms with Crippen molar-refractivity contribution in [2.24, 2.45) is 0 Å². The number of nitrogens with zero attached hydrogens (tertiary/aromatic N) is 2. The Morgan fingerprint density at radius 1 is 0.310 bits per heavy atom. The number of aromatic nitrogens is 2. The Morgan fingerprint density at radius 2 is 0.570 bits per heavy atom. The number of carbonyl (C=O) groups is 2. The highest BCUT2D eigenvalue weighted by atomic mass is 32.1. The molecule has 7 aromatic rings. The van der Waals surface area contributed by atoms with Gasteiger partial charge in [-0.15, -0.1) is 10.2 Å². The van der Waals surface area contributed by atoms with Crippen LogP contribution in [0.1, 0.15) is 247 Å². The van der Waals surface area contributed by atoms with Crippen LogP contribution in [0.5, 0.6) is 34.5 Å². The first kappa shape index (κ1) is 78.2. The Bertz CT molecular complexity index is 3810. The van der Waals surface area contributed by atoms with Gasteiger partial charge in [0.15, 0.2) is 0 Å². The van der Waals surface area contributed by atoms with Gasteiger partial charge in [-0.2, -0.15) is 0 Å². The van der Waals surface area contributed by atoms with E-state index < -0.39 is 0 Å². The molecule has 0 saturated heterocycles. The number of carbonyl (C=O) groups excluding carboxylic acids is 2. The van der Waals surface area contributed by atoms with Crippen molar-refractivity contribution in [3.05, 3.63) is 166 Å². The number of esters is 2. The smallest absolute Gasteiger partial charge is 0.305 e. The summed E-state index contributed by atoms with van der Waals surface area (Å²) in [6.07, 6.45) is 24.7. The molecule has 0 aliphatic rings. The predicted molar refractivity (Wildman–Crippen MR) is 405 cm³/mol. The van der Waals surface area contributed by atoms with Crippen molar-refractivity contribution < 1.29 is 47.5 Å². The van der Waals surface area contributed by atoms with Crippen LogP contribution in [0.2, 0.25) is 0 Å². The van der Waals surface area contributed by atoms with Crippen molar-refractivity contribution in [1.82, 2.24) is 10.2 Å². The zero-order valence-corrected chi connectivity index (χ0v) is 61.1. The minimum absolute atomic E-state index is 0.112. The quantitative estimate of drug-likeness (QED) is 0.0205. The van der Waals surface area contributed by atoms with Gasteiger partial charge in [0.05, 0.1) is 75.1 Å². The van der Waals surface area contributed by atoms with E-state index in [4.69, 9.17) is 37.9 Å². The minimum atomic E-state index is -0.172. The maximum Gasteiger partial charge on any atom is 0.305 e. The number of hydrogen-bond donors (Lipinski definition) is 0. The van der Waals surface area contributed by atoms with Crippen molar-refractivity contribution in [3.63, 3.8) is 0 Å². The van der Waals surface area contributed by atoms with Crippen LogP contribution in [-0.4, -0.2) is 75.0 Å². The van der Waals surface area contributed by atoms with E-state index in [0.717, 1.165) is 180 Å². The third-order valence-electron chi connectivity index (χ3n) is 16.4. The second-order valence-electron chi connectivity index (χ2n) is 24.7. The van der Waals surface area contributed by atoms with Crippen molar-refractivity contribution in [1.29, 1.82) is 0 Å². The molecule has 6 aromatic carbocycles. The summed E-state index contributed by atoms with van der Waals surface area (Å²) in [5, 5.41) is 10.9. The molecule has 0 atom stereocenters. The lowest BCUT2D eigenvalue weighted by molar-refractivity contribution is -0.144. The molecule has 100 heavy (non-hydrogen) atoms. The van der Waals surface area contributed by atoms with Gasteiger partial charge in [0.25, 0.3) is 0 Å². The summed E-state index contributed by atoms with van der Waals surface area (Å²) in [7, 11) is 0. The van der Waals surface area contributed by atoms with Gasteiger partial charge >= 0.3 is 11.9 Å².